The van der Waals surface area contributed by atoms with E-state index in [1.165, 1.54) is 5.56 Å². The van der Waals surface area contributed by atoms with Crippen molar-refractivity contribution < 1.29 is 9.32 Å². The maximum absolute atomic E-state index is 11.9. The van der Waals surface area contributed by atoms with Gasteiger partial charge in [0.2, 0.25) is 11.8 Å². The minimum atomic E-state index is -0.0585. The molecule has 0 aliphatic heterocycles. The standard InChI is InChI=1S/C19H19N3O2/c23-18(13-16-9-5-2-6-10-16)20-14-17-21-19(24-22-17)12-11-15-7-3-1-4-8-15/h1-10H,11-14H2,(H,20,23). The Kier molecular flexibility index (Phi) is 5.35. The predicted molar refractivity (Wildman–Crippen MR) is 90.1 cm³/mol. The molecule has 0 aliphatic carbocycles. The van der Waals surface area contributed by atoms with E-state index in [0.717, 1.165) is 12.0 Å². The van der Waals surface area contributed by atoms with Crippen LogP contribution in [0.5, 0.6) is 0 Å². The predicted octanol–water partition coefficient (Wildman–Crippen LogP) is 2.71. The van der Waals surface area contributed by atoms with E-state index >= 15 is 0 Å². The van der Waals surface area contributed by atoms with Crippen LogP contribution in [0.2, 0.25) is 0 Å². The van der Waals surface area contributed by atoms with Crippen molar-refractivity contribution in [3.05, 3.63) is 83.5 Å². The van der Waals surface area contributed by atoms with Gasteiger partial charge in [-0.25, -0.2) is 0 Å². The number of benzene rings is 2. The van der Waals surface area contributed by atoms with E-state index in [4.69, 9.17) is 4.52 Å². The van der Waals surface area contributed by atoms with Gasteiger partial charge in [0.1, 0.15) is 0 Å². The molecule has 5 nitrogen and oxygen atoms in total. The van der Waals surface area contributed by atoms with Crippen molar-refractivity contribution in [1.29, 1.82) is 0 Å². The molecule has 0 radical (unpaired) electrons. The molecule has 1 amide bonds. The number of hydrogen-bond donors (Lipinski definition) is 1. The molecular weight excluding hydrogens is 302 g/mol. The van der Waals surface area contributed by atoms with Crippen LogP contribution in [0.4, 0.5) is 0 Å². The number of aryl methyl sites for hydroxylation is 2. The minimum Gasteiger partial charge on any atom is -0.348 e. The molecular formula is C19H19N3O2. The zero-order valence-electron chi connectivity index (χ0n) is 13.3. The molecule has 0 saturated carbocycles. The molecule has 122 valence electrons. The monoisotopic (exact) mass is 321 g/mol. The van der Waals surface area contributed by atoms with Gasteiger partial charge in [0.15, 0.2) is 5.82 Å². The van der Waals surface area contributed by atoms with Crippen molar-refractivity contribution in [2.45, 2.75) is 25.8 Å². The Balaban J connectivity index is 1.45. The first kappa shape index (κ1) is 15.9. The lowest BCUT2D eigenvalue weighted by Gasteiger charge is -2.02. The lowest BCUT2D eigenvalue weighted by atomic mass is 10.1. The van der Waals surface area contributed by atoms with E-state index in [1.54, 1.807) is 0 Å². The zero-order valence-corrected chi connectivity index (χ0v) is 13.3. The molecule has 0 aliphatic rings. The number of amides is 1. The highest BCUT2D eigenvalue weighted by atomic mass is 16.5. The second-order valence-electron chi connectivity index (χ2n) is 5.53. The van der Waals surface area contributed by atoms with Gasteiger partial charge in [-0.2, -0.15) is 4.98 Å². The maximum atomic E-state index is 11.9. The van der Waals surface area contributed by atoms with Gasteiger partial charge in [-0.3, -0.25) is 4.79 Å². The van der Waals surface area contributed by atoms with Crippen molar-refractivity contribution in [2.75, 3.05) is 0 Å². The molecule has 0 spiro atoms. The summed E-state index contributed by atoms with van der Waals surface area (Å²) in [6.07, 6.45) is 1.89. The highest BCUT2D eigenvalue weighted by molar-refractivity contribution is 5.78. The van der Waals surface area contributed by atoms with Crippen LogP contribution in [0.25, 0.3) is 0 Å². The average Bonchev–Trinajstić information content (AvgIpc) is 3.08. The number of nitrogens with zero attached hydrogens (tertiary/aromatic N) is 2. The molecule has 0 unspecified atom stereocenters. The molecule has 5 heteroatoms. The van der Waals surface area contributed by atoms with Crippen LogP contribution < -0.4 is 5.32 Å². The molecule has 3 aromatic rings. The van der Waals surface area contributed by atoms with Crippen LogP contribution in [0.3, 0.4) is 0 Å². The first-order valence-electron chi connectivity index (χ1n) is 7.95. The van der Waals surface area contributed by atoms with Gasteiger partial charge in [-0.05, 0) is 17.5 Å². The number of carbonyl (C=O) groups excluding carboxylic acids is 1. The average molecular weight is 321 g/mol. The van der Waals surface area contributed by atoms with E-state index in [9.17, 15) is 4.79 Å². The number of rotatable bonds is 7. The number of hydrogen-bond acceptors (Lipinski definition) is 4. The van der Waals surface area contributed by atoms with Crippen LogP contribution in [0, 0.1) is 0 Å². The van der Waals surface area contributed by atoms with Crippen LogP contribution in [0.1, 0.15) is 22.8 Å². The summed E-state index contributed by atoms with van der Waals surface area (Å²) in [5.74, 6) is 1.03. The first-order chi connectivity index (χ1) is 11.8. The van der Waals surface area contributed by atoms with Crippen molar-refractivity contribution in [3.8, 4) is 0 Å². The molecule has 3 rings (SSSR count). The summed E-state index contributed by atoms with van der Waals surface area (Å²) in [5.41, 5.74) is 2.21. The van der Waals surface area contributed by atoms with Gasteiger partial charge in [-0.1, -0.05) is 65.8 Å². The topological polar surface area (TPSA) is 68.0 Å². The number of nitrogens with one attached hydrogen (secondary N) is 1. The Labute approximate surface area is 140 Å². The summed E-state index contributed by atoms with van der Waals surface area (Å²) >= 11 is 0. The third-order valence-corrected chi connectivity index (χ3v) is 3.63. The van der Waals surface area contributed by atoms with Crippen LogP contribution >= 0.6 is 0 Å². The summed E-state index contributed by atoms with van der Waals surface area (Å²) in [6.45, 7) is 0.278. The first-order valence-corrected chi connectivity index (χ1v) is 7.95. The van der Waals surface area contributed by atoms with E-state index < -0.39 is 0 Å². The Bertz CT molecular complexity index is 770. The van der Waals surface area contributed by atoms with Crippen LogP contribution in [-0.4, -0.2) is 16.0 Å². The molecule has 0 atom stereocenters. The lowest BCUT2D eigenvalue weighted by Crippen LogP contribution is -2.25. The van der Waals surface area contributed by atoms with Gasteiger partial charge in [-0.15, -0.1) is 0 Å². The van der Waals surface area contributed by atoms with Gasteiger partial charge in [0.25, 0.3) is 0 Å². The molecule has 1 aromatic heterocycles. The van der Waals surface area contributed by atoms with Gasteiger partial charge in [0.05, 0.1) is 13.0 Å². The maximum Gasteiger partial charge on any atom is 0.227 e. The van der Waals surface area contributed by atoms with Gasteiger partial charge in [0, 0.05) is 6.42 Å². The fourth-order valence-electron chi connectivity index (χ4n) is 2.38. The molecule has 1 N–H and O–H groups in total. The lowest BCUT2D eigenvalue weighted by molar-refractivity contribution is -0.120. The zero-order chi connectivity index (χ0) is 16.6. The normalized spacial score (nSPS) is 10.5. The summed E-state index contributed by atoms with van der Waals surface area (Å²) in [6, 6.07) is 19.8. The van der Waals surface area contributed by atoms with Gasteiger partial charge < -0.3 is 9.84 Å². The quantitative estimate of drug-likeness (QED) is 0.726. The van der Waals surface area contributed by atoms with Crippen molar-refractivity contribution in [1.82, 2.24) is 15.5 Å². The highest BCUT2D eigenvalue weighted by Crippen LogP contribution is 2.06. The molecule has 1 heterocycles. The van der Waals surface area contributed by atoms with E-state index in [0.29, 0.717) is 24.6 Å². The van der Waals surface area contributed by atoms with E-state index in [-0.39, 0.29) is 12.5 Å². The fourth-order valence-corrected chi connectivity index (χ4v) is 2.38. The Morgan fingerprint density at radius 2 is 1.58 bits per heavy atom. The third-order valence-electron chi connectivity index (χ3n) is 3.63. The molecule has 0 fully saturated rings. The summed E-state index contributed by atoms with van der Waals surface area (Å²) in [7, 11) is 0. The Morgan fingerprint density at radius 3 is 2.29 bits per heavy atom. The minimum absolute atomic E-state index is 0.0585. The third kappa shape index (κ3) is 4.78. The fraction of sp³-hybridized carbons (Fsp3) is 0.211. The van der Waals surface area contributed by atoms with E-state index in [1.807, 2.05) is 48.5 Å². The van der Waals surface area contributed by atoms with E-state index in [2.05, 4.69) is 27.6 Å². The second kappa shape index (κ2) is 8.06. The smallest absolute Gasteiger partial charge is 0.227 e. The molecule has 2 aromatic carbocycles. The molecule has 0 saturated heterocycles. The van der Waals surface area contributed by atoms with Crippen molar-refractivity contribution in [3.63, 3.8) is 0 Å². The largest absolute Gasteiger partial charge is 0.348 e. The summed E-state index contributed by atoms with van der Waals surface area (Å²) in [5, 5.41) is 6.72. The number of carbonyl (C=O) groups is 1. The summed E-state index contributed by atoms with van der Waals surface area (Å²) in [4.78, 5) is 16.2. The second-order valence-corrected chi connectivity index (χ2v) is 5.53. The molecule has 0 bridgehead atoms. The number of aromatic nitrogens is 2. The van der Waals surface area contributed by atoms with Crippen molar-refractivity contribution in [2.24, 2.45) is 0 Å². The molecule has 24 heavy (non-hydrogen) atoms. The Hall–Kier alpha value is -2.95. The highest BCUT2D eigenvalue weighted by Gasteiger charge is 2.08. The van der Waals surface area contributed by atoms with Crippen LogP contribution in [0.15, 0.2) is 65.2 Å². The SMILES string of the molecule is O=C(Cc1ccccc1)NCc1noc(CCc2ccccc2)n1. The van der Waals surface area contributed by atoms with Crippen LogP contribution in [-0.2, 0) is 30.6 Å². The summed E-state index contributed by atoms with van der Waals surface area (Å²) < 4.78 is 5.22. The Morgan fingerprint density at radius 1 is 0.917 bits per heavy atom. The van der Waals surface area contributed by atoms with Crippen molar-refractivity contribution >= 4 is 5.91 Å². The van der Waals surface area contributed by atoms with Gasteiger partial charge >= 0.3 is 0 Å².